The molecule has 0 amide bonds. The van der Waals surface area contributed by atoms with Gasteiger partial charge in [-0.25, -0.2) is 4.98 Å². The van der Waals surface area contributed by atoms with Crippen molar-refractivity contribution in [1.29, 1.82) is 0 Å². The van der Waals surface area contributed by atoms with Gasteiger partial charge in [0.05, 0.1) is 11.0 Å². The maximum absolute atomic E-state index is 5.01. The lowest BCUT2D eigenvalue weighted by molar-refractivity contribution is 0.670. The number of imidazole rings is 1. The van der Waals surface area contributed by atoms with E-state index in [0.717, 1.165) is 29.0 Å². The van der Waals surface area contributed by atoms with Crippen LogP contribution < -0.4 is 38.2 Å². The molecule has 7 aromatic carbocycles. The van der Waals surface area contributed by atoms with Crippen LogP contribution in [0.15, 0.2) is 97.1 Å². The Kier molecular flexibility index (Phi) is 7.65. The van der Waals surface area contributed by atoms with Crippen molar-refractivity contribution < 1.29 is 0 Å². The Labute approximate surface area is 319 Å². The lowest BCUT2D eigenvalue weighted by atomic mass is 9.61. The minimum Gasteiger partial charge on any atom is -0.296 e. The summed E-state index contributed by atoms with van der Waals surface area (Å²) in [5.74, 6) is 1.08. The summed E-state index contributed by atoms with van der Waals surface area (Å²) in [6.07, 6.45) is 0.860. The Morgan fingerprint density at radius 3 is 1.64 bits per heavy atom. The molecular weight excluding hydrogens is 632 g/mol. The first-order valence-electron chi connectivity index (χ1n) is 19.2. The van der Waals surface area contributed by atoms with E-state index >= 15 is 0 Å². The topological polar surface area (TPSA) is 17.8 Å². The molecule has 53 heavy (non-hydrogen) atoms. The van der Waals surface area contributed by atoms with Gasteiger partial charge >= 0.3 is 0 Å². The number of aromatic nitrogens is 2. The zero-order valence-corrected chi connectivity index (χ0v) is 32.8. The quantitative estimate of drug-likeness (QED) is 0.180. The van der Waals surface area contributed by atoms with Crippen LogP contribution in [0.1, 0.15) is 37.7 Å². The van der Waals surface area contributed by atoms with Crippen LogP contribution in [0.25, 0.3) is 71.6 Å². The summed E-state index contributed by atoms with van der Waals surface area (Å²) in [6.45, 7) is 7.12. The molecular formula is C44H41B7N2. The number of hydrogen-bond acceptors (Lipinski definition) is 1. The summed E-state index contributed by atoms with van der Waals surface area (Å²) in [5, 5.41) is 5.16. The van der Waals surface area contributed by atoms with Crippen molar-refractivity contribution in [3.05, 3.63) is 114 Å². The lowest BCUT2D eigenvalue weighted by Crippen LogP contribution is -2.51. The van der Waals surface area contributed by atoms with E-state index in [4.69, 9.17) is 4.98 Å². The highest BCUT2D eigenvalue weighted by Crippen LogP contribution is 2.48. The van der Waals surface area contributed by atoms with Gasteiger partial charge in [-0.05, 0) is 90.3 Å². The molecule has 0 saturated carbocycles. The first-order chi connectivity index (χ1) is 25.5. The third kappa shape index (κ3) is 4.59. The van der Waals surface area contributed by atoms with E-state index in [1.165, 1.54) is 104 Å². The van der Waals surface area contributed by atoms with E-state index in [1.807, 2.05) is 0 Å². The molecule has 1 heterocycles. The summed E-state index contributed by atoms with van der Waals surface area (Å²) in [6, 6.07) is 35.8. The molecule has 0 aliphatic heterocycles. The van der Waals surface area contributed by atoms with Crippen LogP contribution in [-0.4, -0.2) is 64.5 Å². The summed E-state index contributed by atoms with van der Waals surface area (Å²) in [7, 11) is 16.5. The average Bonchev–Trinajstić information content (AvgIpc) is 3.67. The van der Waals surface area contributed by atoms with Gasteiger partial charge in [0.15, 0.2) is 0 Å². The van der Waals surface area contributed by atoms with Crippen molar-refractivity contribution >= 4 is 126 Å². The van der Waals surface area contributed by atoms with Crippen molar-refractivity contribution in [3.8, 4) is 39.1 Å². The highest BCUT2D eigenvalue weighted by atomic mass is 15.1. The van der Waals surface area contributed by atoms with Gasteiger partial charge < -0.3 is 0 Å². The Morgan fingerprint density at radius 2 is 1.02 bits per heavy atom. The van der Waals surface area contributed by atoms with E-state index < -0.39 is 0 Å². The summed E-state index contributed by atoms with van der Waals surface area (Å²) in [4.78, 5) is 5.01. The molecule has 1 aliphatic carbocycles. The van der Waals surface area contributed by atoms with E-state index in [2.05, 4.69) is 177 Å². The molecule has 1 aromatic heterocycles. The first kappa shape index (κ1) is 33.8. The Bertz CT molecular complexity index is 2830. The summed E-state index contributed by atoms with van der Waals surface area (Å²) >= 11 is 0. The Morgan fingerprint density at radius 1 is 0.509 bits per heavy atom. The van der Waals surface area contributed by atoms with Gasteiger partial charge in [0, 0.05) is 17.5 Å². The summed E-state index contributed by atoms with van der Waals surface area (Å²) < 4.78 is 2.34. The number of aryl methyl sites for hydroxylation is 1. The van der Waals surface area contributed by atoms with Crippen molar-refractivity contribution in [2.75, 3.05) is 0 Å². The van der Waals surface area contributed by atoms with Crippen LogP contribution >= 0.6 is 0 Å². The van der Waals surface area contributed by atoms with Gasteiger partial charge in [-0.3, -0.25) is 4.57 Å². The zero-order valence-electron chi connectivity index (χ0n) is 32.8. The van der Waals surface area contributed by atoms with Gasteiger partial charge in [0.2, 0.25) is 0 Å². The van der Waals surface area contributed by atoms with Crippen LogP contribution in [0.2, 0.25) is 0 Å². The fourth-order valence-corrected chi connectivity index (χ4v) is 10.3. The predicted molar refractivity (Wildman–Crippen MR) is 251 cm³/mol. The minimum atomic E-state index is -0.115. The molecule has 0 spiro atoms. The number of nitrogens with zero attached hydrogens (tertiary/aromatic N) is 2. The Balaban J connectivity index is 1.35. The second kappa shape index (κ2) is 12.0. The van der Waals surface area contributed by atoms with E-state index in [9.17, 15) is 0 Å². The molecule has 0 fully saturated rings. The third-order valence-corrected chi connectivity index (χ3v) is 13.0. The first-order valence-corrected chi connectivity index (χ1v) is 19.2. The van der Waals surface area contributed by atoms with Gasteiger partial charge in [0.25, 0.3) is 0 Å². The second-order valence-electron chi connectivity index (χ2n) is 16.0. The van der Waals surface area contributed by atoms with Crippen LogP contribution in [0, 0.1) is 0 Å². The van der Waals surface area contributed by atoms with Crippen LogP contribution in [0.3, 0.4) is 0 Å². The molecule has 0 bridgehead atoms. The molecule has 1 aliphatic rings. The lowest BCUT2D eigenvalue weighted by Gasteiger charge is -2.30. The molecule has 0 atom stereocenters. The van der Waals surface area contributed by atoms with Gasteiger partial charge in [-0.1, -0.05) is 121 Å². The molecule has 9 rings (SSSR count). The van der Waals surface area contributed by atoms with E-state index in [1.54, 1.807) is 0 Å². The molecule has 0 N–H and O–H groups in total. The molecule has 0 radical (unpaired) electrons. The molecule has 9 heteroatoms. The second-order valence-corrected chi connectivity index (χ2v) is 16.0. The predicted octanol–water partition coefficient (Wildman–Crippen LogP) is -0.657. The van der Waals surface area contributed by atoms with Crippen LogP contribution in [0.5, 0.6) is 0 Å². The van der Waals surface area contributed by atoms with Crippen molar-refractivity contribution in [1.82, 2.24) is 9.55 Å². The molecule has 0 unspecified atom stereocenters. The molecule has 0 saturated heterocycles. The van der Waals surface area contributed by atoms with Crippen molar-refractivity contribution in [2.45, 2.75) is 32.6 Å². The fourth-order valence-electron chi connectivity index (χ4n) is 10.3. The minimum absolute atomic E-state index is 0.115. The van der Waals surface area contributed by atoms with Crippen molar-refractivity contribution in [3.63, 3.8) is 0 Å². The van der Waals surface area contributed by atoms with Crippen LogP contribution in [0.4, 0.5) is 0 Å². The van der Waals surface area contributed by atoms with E-state index in [0.29, 0.717) is 0 Å². The largest absolute Gasteiger partial charge is 0.296 e. The van der Waals surface area contributed by atoms with Crippen molar-refractivity contribution in [2.24, 2.45) is 0 Å². The standard InChI is InChI=1S/C44H41B7N2/c1-4-29-52-27-18-9-10-19-28(27)53(29)22-13-11-12-21(20-22)30-23-14-5-7-16-25(23)31(26-17-8-6-15-24(26)30)34-37(45)35-32(38(46)40(34)48)33-36(44(35,2)3)41(49)43(51)42(50)39(33)47/h5-20H,4,45-51H2,1-3H3. The van der Waals surface area contributed by atoms with Gasteiger partial charge in [0.1, 0.15) is 60.7 Å². The number of fused-ring (bicyclic) bond motifs is 6. The zero-order chi connectivity index (χ0) is 37.1. The SMILES string of the molecule is Bc1c(B)c(B)c2c(c1B)-c1c(B)c(B)c(-c3c4ccccc4c(-c4cccc(-n5c(CC)nc6ccccc65)c4)c4ccccc34)c(B)c1C2(C)C. The van der Waals surface area contributed by atoms with Crippen LogP contribution in [-0.2, 0) is 11.8 Å². The number of rotatable bonds is 4. The van der Waals surface area contributed by atoms with Gasteiger partial charge in [-0.15, -0.1) is 10.9 Å². The molecule has 2 nitrogen and oxygen atoms in total. The smallest absolute Gasteiger partial charge is 0.140 e. The third-order valence-electron chi connectivity index (χ3n) is 13.0. The maximum atomic E-state index is 5.01. The monoisotopic (exact) mass is 674 g/mol. The summed E-state index contributed by atoms with van der Waals surface area (Å²) in [5.41, 5.74) is 24.3. The normalized spacial score (nSPS) is 13.2. The highest BCUT2D eigenvalue weighted by molar-refractivity contribution is 6.65. The molecule has 8 aromatic rings. The highest BCUT2D eigenvalue weighted by Gasteiger charge is 2.41. The molecule has 248 valence electrons. The number of para-hydroxylation sites is 2. The van der Waals surface area contributed by atoms with Gasteiger partial charge in [-0.2, -0.15) is 0 Å². The number of benzene rings is 7. The number of hydrogen-bond donors (Lipinski definition) is 0. The average molecular weight is 674 g/mol. The maximum Gasteiger partial charge on any atom is 0.140 e. The Hall–Kier alpha value is -5.02. The van der Waals surface area contributed by atoms with E-state index in [-0.39, 0.29) is 5.41 Å². The fraction of sp³-hybridized carbons (Fsp3) is 0.114.